The van der Waals surface area contributed by atoms with Crippen LogP contribution >= 0.6 is 0 Å². The molecule has 0 heterocycles. The molecule has 0 saturated carbocycles. The highest BCUT2D eigenvalue weighted by Gasteiger charge is 2.33. The molecule has 116 valence electrons. The Balaban J connectivity index is 2.28. The quantitative estimate of drug-likeness (QED) is 0.676. The minimum absolute atomic E-state index is 0.268. The van der Waals surface area contributed by atoms with Gasteiger partial charge in [-0.3, -0.25) is 28.8 Å². The highest BCUT2D eigenvalue weighted by Crippen LogP contribution is 2.30. The van der Waals surface area contributed by atoms with Gasteiger partial charge in [0.25, 0.3) is 0 Å². The van der Waals surface area contributed by atoms with Crippen LogP contribution < -0.4 is 0 Å². The number of ketones is 6. The maximum atomic E-state index is 12.3. The summed E-state index contributed by atoms with van der Waals surface area (Å²) < 4.78 is 0. The fraction of sp³-hybridized carbons (Fsp3) is 0. The van der Waals surface area contributed by atoms with Crippen LogP contribution in [-0.2, 0) is 28.8 Å². The Labute approximate surface area is 135 Å². The summed E-state index contributed by atoms with van der Waals surface area (Å²) >= 11 is 0. The van der Waals surface area contributed by atoms with Gasteiger partial charge in [0.05, 0.1) is 0 Å². The fourth-order valence-electron chi connectivity index (χ4n) is 2.51. The maximum absolute atomic E-state index is 12.3. The summed E-state index contributed by atoms with van der Waals surface area (Å²) in [4.78, 5) is 71.7. The van der Waals surface area contributed by atoms with Crippen molar-refractivity contribution in [2.45, 2.75) is 0 Å². The van der Waals surface area contributed by atoms with Crippen LogP contribution in [0.25, 0.3) is 0 Å². The maximum Gasteiger partial charge on any atom is 0.187 e. The molecule has 6 nitrogen and oxygen atoms in total. The molecule has 3 aliphatic carbocycles. The molecule has 0 spiro atoms. The van der Waals surface area contributed by atoms with Crippen molar-refractivity contribution in [1.29, 1.82) is 0 Å². The molecule has 0 bridgehead atoms. The van der Waals surface area contributed by atoms with Gasteiger partial charge in [-0.1, -0.05) is 0 Å². The van der Waals surface area contributed by atoms with Crippen molar-refractivity contribution in [2.24, 2.45) is 0 Å². The van der Waals surface area contributed by atoms with E-state index in [1.165, 1.54) is 0 Å². The zero-order valence-corrected chi connectivity index (χ0v) is 12.1. The molecule has 0 N–H and O–H groups in total. The molecular formula is C18H8O6. The summed E-state index contributed by atoms with van der Waals surface area (Å²) in [7, 11) is 0. The van der Waals surface area contributed by atoms with E-state index in [1.807, 2.05) is 0 Å². The van der Waals surface area contributed by atoms with Crippen molar-refractivity contribution in [3.63, 3.8) is 0 Å². The van der Waals surface area contributed by atoms with Crippen molar-refractivity contribution >= 4 is 34.7 Å². The minimum atomic E-state index is -0.692. The van der Waals surface area contributed by atoms with Crippen molar-refractivity contribution in [1.82, 2.24) is 0 Å². The van der Waals surface area contributed by atoms with Gasteiger partial charge >= 0.3 is 0 Å². The first-order chi connectivity index (χ1) is 11.4. The van der Waals surface area contributed by atoms with Crippen molar-refractivity contribution in [3.8, 4) is 0 Å². The van der Waals surface area contributed by atoms with Gasteiger partial charge in [0.1, 0.15) is 0 Å². The normalized spacial score (nSPS) is 20.8. The number of hydrogen-bond donors (Lipinski definition) is 0. The van der Waals surface area contributed by atoms with Gasteiger partial charge in [0.15, 0.2) is 34.7 Å². The topological polar surface area (TPSA) is 102 Å². The van der Waals surface area contributed by atoms with Gasteiger partial charge in [-0.2, -0.15) is 0 Å². The van der Waals surface area contributed by atoms with Crippen LogP contribution in [-0.4, -0.2) is 34.7 Å². The van der Waals surface area contributed by atoms with E-state index in [0.29, 0.717) is 0 Å². The third kappa shape index (κ3) is 2.50. The number of allylic oxidation sites excluding steroid dienone is 12. The fourth-order valence-corrected chi connectivity index (χ4v) is 2.51. The number of carbonyl (C=O) groups is 6. The third-order valence-electron chi connectivity index (χ3n) is 3.57. The van der Waals surface area contributed by atoms with E-state index in [4.69, 9.17) is 0 Å². The van der Waals surface area contributed by atoms with Crippen LogP contribution in [0.3, 0.4) is 0 Å². The van der Waals surface area contributed by atoms with E-state index >= 15 is 0 Å². The van der Waals surface area contributed by atoms with Gasteiger partial charge < -0.3 is 0 Å². The van der Waals surface area contributed by atoms with E-state index in [1.54, 1.807) is 0 Å². The predicted molar refractivity (Wildman–Crippen MR) is 80.7 cm³/mol. The molecule has 3 aliphatic rings. The zero-order chi connectivity index (χ0) is 17.4. The molecule has 0 radical (unpaired) electrons. The van der Waals surface area contributed by atoms with E-state index in [-0.39, 0.29) is 22.3 Å². The summed E-state index contributed by atoms with van der Waals surface area (Å²) in [5, 5.41) is 0. The molecule has 3 rings (SSSR count). The van der Waals surface area contributed by atoms with Crippen LogP contribution in [0.15, 0.2) is 70.9 Å². The second kappa shape index (κ2) is 5.58. The van der Waals surface area contributed by atoms with Crippen LogP contribution in [0.1, 0.15) is 0 Å². The Morgan fingerprint density at radius 1 is 0.417 bits per heavy atom. The average Bonchev–Trinajstić information content (AvgIpc) is 2.54. The molecule has 0 aliphatic heterocycles. The molecular weight excluding hydrogens is 312 g/mol. The van der Waals surface area contributed by atoms with E-state index in [9.17, 15) is 28.8 Å². The average molecular weight is 320 g/mol. The Morgan fingerprint density at radius 3 is 1.12 bits per heavy atom. The molecule has 0 aromatic rings. The standard InChI is InChI=1S/C18H8O6/c19-9-1-3-13(21)11(7-9)17-15(23)5-6-16(24)18(17)12-8-10(20)2-4-14(12)22/h1-8H. The zero-order valence-electron chi connectivity index (χ0n) is 12.1. The van der Waals surface area contributed by atoms with Gasteiger partial charge in [-0.15, -0.1) is 0 Å². The minimum Gasteiger partial charge on any atom is -0.290 e. The van der Waals surface area contributed by atoms with Gasteiger partial charge in [-0.25, -0.2) is 0 Å². The van der Waals surface area contributed by atoms with Crippen LogP contribution in [0.4, 0.5) is 0 Å². The summed E-state index contributed by atoms with van der Waals surface area (Å²) in [5.41, 5.74) is -1.22. The Kier molecular flexibility index (Phi) is 3.57. The molecule has 0 atom stereocenters. The third-order valence-corrected chi connectivity index (χ3v) is 3.57. The molecule has 0 fully saturated rings. The lowest BCUT2D eigenvalue weighted by Crippen LogP contribution is -2.25. The van der Waals surface area contributed by atoms with Gasteiger partial charge in [0.2, 0.25) is 0 Å². The molecule has 0 aromatic heterocycles. The van der Waals surface area contributed by atoms with E-state index in [2.05, 4.69) is 0 Å². The molecule has 0 aromatic carbocycles. The second-order valence-electron chi connectivity index (χ2n) is 5.13. The monoisotopic (exact) mass is 320 g/mol. The molecule has 0 amide bonds. The highest BCUT2D eigenvalue weighted by atomic mass is 16.2. The Bertz CT molecular complexity index is 868. The van der Waals surface area contributed by atoms with Crippen molar-refractivity contribution in [2.75, 3.05) is 0 Å². The first-order valence-electron chi connectivity index (χ1n) is 6.86. The predicted octanol–water partition coefficient (Wildman–Crippen LogP) is 0.260. The van der Waals surface area contributed by atoms with E-state index in [0.717, 1.165) is 48.6 Å². The molecule has 0 saturated heterocycles. The van der Waals surface area contributed by atoms with Gasteiger partial charge in [0, 0.05) is 22.3 Å². The summed E-state index contributed by atoms with van der Waals surface area (Å²) in [6, 6.07) is 0. The summed E-state index contributed by atoms with van der Waals surface area (Å²) in [5.74, 6) is -3.70. The van der Waals surface area contributed by atoms with Gasteiger partial charge in [-0.05, 0) is 48.6 Å². The smallest absolute Gasteiger partial charge is 0.187 e. The molecule has 24 heavy (non-hydrogen) atoms. The first-order valence-corrected chi connectivity index (χ1v) is 6.86. The van der Waals surface area contributed by atoms with Crippen molar-refractivity contribution in [3.05, 3.63) is 70.9 Å². The van der Waals surface area contributed by atoms with E-state index < -0.39 is 34.7 Å². The lowest BCUT2D eigenvalue weighted by molar-refractivity contribution is -0.117. The lowest BCUT2D eigenvalue weighted by atomic mass is 9.80. The SMILES string of the molecule is O=C1C=CC(=O)C(C2=C(C3=CC(=O)C=CC3=O)C(=O)C=CC2=O)=C1. The summed E-state index contributed by atoms with van der Waals surface area (Å²) in [6.45, 7) is 0. The highest BCUT2D eigenvalue weighted by molar-refractivity contribution is 6.34. The first kappa shape index (κ1) is 15.4. The Hall–Kier alpha value is -3.54. The number of rotatable bonds is 2. The second-order valence-corrected chi connectivity index (χ2v) is 5.13. The van der Waals surface area contributed by atoms with Crippen LogP contribution in [0.5, 0.6) is 0 Å². The summed E-state index contributed by atoms with van der Waals surface area (Å²) in [6.07, 6.45) is 7.85. The number of hydrogen-bond acceptors (Lipinski definition) is 6. The largest absolute Gasteiger partial charge is 0.290 e. The lowest BCUT2D eigenvalue weighted by Gasteiger charge is -2.19. The molecule has 6 heteroatoms. The molecule has 0 unspecified atom stereocenters. The van der Waals surface area contributed by atoms with Crippen LogP contribution in [0, 0.1) is 0 Å². The van der Waals surface area contributed by atoms with Crippen molar-refractivity contribution < 1.29 is 28.8 Å². The van der Waals surface area contributed by atoms with Crippen LogP contribution in [0.2, 0.25) is 0 Å². The Morgan fingerprint density at radius 2 is 0.750 bits per heavy atom. The number of carbonyl (C=O) groups excluding carboxylic acids is 6.